The van der Waals surface area contributed by atoms with Crippen molar-refractivity contribution in [1.29, 1.82) is 0 Å². The summed E-state index contributed by atoms with van der Waals surface area (Å²) in [5.41, 5.74) is 2.05. The van der Waals surface area contributed by atoms with Gasteiger partial charge in [0.15, 0.2) is 5.13 Å². The van der Waals surface area contributed by atoms with E-state index in [0.717, 1.165) is 16.6 Å². The Morgan fingerprint density at radius 1 is 1.22 bits per heavy atom. The molecule has 0 aliphatic rings. The standard InChI is InChI=1S/C18H18BrN3O3S2/c1-2-12-7-8-14-15(11-12)26-18(21-14)22-17(23)9-10-20-27(24,25)16-6-4-3-5-13(16)19/h3-8,11,20H,2,9-10H2,1H3,(H,21,22,23). The lowest BCUT2D eigenvalue weighted by Gasteiger charge is -2.08. The fourth-order valence-corrected chi connectivity index (χ4v) is 5.44. The Morgan fingerprint density at radius 2 is 2.00 bits per heavy atom. The van der Waals surface area contributed by atoms with E-state index in [1.165, 1.54) is 23.0 Å². The first kappa shape index (κ1) is 19.9. The number of thiazole rings is 1. The summed E-state index contributed by atoms with van der Waals surface area (Å²) >= 11 is 4.62. The maximum atomic E-state index is 12.3. The Hall–Kier alpha value is -1.81. The van der Waals surface area contributed by atoms with Gasteiger partial charge in [0.05, 0.1) is 15.1 Å². The molecule has 0 saturated heterocycles. The zero-order valence-electron chi connectivity index (χ0n) is 14.5. The van der Waals surface area contributed by atoms with E-state index in [1.807, 2.05) is 12.1 Å². The van der Waals surface area contributed by atoms with Crippen molar-refractivity contribution in [2.45, 2.75) is 24.7 Å². The number of carbonyl (C=O) groups is 1. The summed E-state index contributed by atoms with van der Waals surface area (Å²) in [4.78, 5) is 16.6. The largest absolute Gasteiger partial charge is 0.302 e. The number of nitrogens with one attached hydrogen (secondary N) is 2. The highest BCUT2D eigenvalue weighted by molar-refractivity contribution is 9.10. The van der Waals surface area contributed by atoms with Crippen LogP contribution in [0.25, 0.3) is 10.2 Å². The first-order valence-electron chi connectivity index (χ1n) is 8.32. The normalized spacial score (nSPS) is 11.6. The molecule has 0 saturated carbocycles. The van der Waals surface area contributed by atoms with E-state index >= 15 is 0 Å². The van der Waals surface area contributed by atoms with E-state index in [9.17, 15) is 13.2 Å². The monoisotopic (exact) mass is 467 g/mol. The minimum absolute atomic E-state index is 0.000376. The molecule has 0 fully saturated rings. The summed E-state index contributed by atoms with van der Waals surface area (Å²) in [6, 6.07) is 12.5. The summed E-state index contributed by atoms with van der Waals surface area (Å²) < 4.78 is 28.5. The van der Waals surface area contributed by atoms with Gasteiger partial charge in [-0.3, -0.25) is 4.79 Å². The van der Waals surface area contributed by atoms with Crippen LogP contribution in [-0.4, -0.2) is 25.9 Å². The second-order valence-electron chi connectivity index (χ2n) is 5.80. The Bertz CT molecular complexity index is 1080. The molecule has 3 rings (SSSR count). The van der Waals surface area contributed by atoms with E-state index < -0.39 is 10.0 Å². The van der Waals surface area contributed by atoms with Crippen molar-refractivity contribution in [1.82, 2.24) is 9.71 Å². The molecular formula is C18H18BrN3O3S2. The number of carbonyl (C=O) groups excluding carboxylic acids is 1. The fraction of sp³-hybridized carbons (Fsp3) is 0.222. The van der Waals surface area contributed by atoms with Gasteiger partial charge < -0.3 is 5.32 Å². The van der Waals surface area contributed by atoms with Gasteiger partial charge in [0, 0.05) is 17.4 Å². The van der Waals surface area contributed by atoms with Crippen LogP contribution in [-0.2, 0) is 21.2 Å². The molecule has 0 unspecified atom stereocenters. The Labute approximate surface area is 170 Å². The molecular weight excluding hydrogens is 450 g/mol. The summed E-state index contributed by atoms with van der Waals surface area (Å²) in [5.74, 6) is -0.292. The second kappa shape index (κ2) is 8.47. The van der Waals surface area contributed by atoms with E-state index in [2.05, 4.69) is 43.9 Å². The van der Waals surface area contributed by atoms with Gasteiger partial charge in [-0.15, -0.1) is 0 Å². The third-order valence-electron chi connectivity index (χ3n) is 3.88. The number of hydrogen-bond acceptors (Lipinski definition) is 5. The van der Waals surface area contributed by atoms with Crippen LogP contribution >= 0.6 is 27.3 Å². The summed E-state index contributed by atoms with van der Waals surface area (Å²) in [6.45, 7) is 2.08. The van der Waals surface area contributed by atoms with Crippen molar-refractivity contribution in [3.8, 4) is 0 Å². The molecule has 1 heterocycles. The van der Waals surface area contributed by atoms with E-state index in [-0.39, 0.29) is 23.8 Å². The number of nitrogens with zero attached hydrogens (tertiary/aromatic N) is 1. The zero-order chi connectivity index (χ0) is 19.4. The molecule has 2 aromatic carbocycles. The molecule has 0 bridgehead atoms. The SMILES string of the molecule is CCc1ccc2nc(NC(=O)CCNS(=O)(=O)c3ccccc3Br)sc2c1. The maximum Gasteiger partial charge on any atom is 0.241 e. The van der Waals surface area contributed by atoms with Gasteiger partial charge in [0.2, 0.25) is 15.9 Å². The van der Waals surface area contributed by atoms with Crippen molar-refractivity contribution < 1.29 is 13.2 Å². The number of sulfonamides is 1. The lowest BCUT2D eigenvalue weighted by atomic mass is 10.2. The van der Waals surface area contributed by atoms with Gasteiger partial charge in [-0.25, -0.2) is 18.1 Å². The van der Waals surface area contributed by atoms with Gasteiger partial charge >= 0.3 is 0 Å². The number of aromatic nitrogens is 1. The molecule has 0 aliphatic heterocycles. The van der Waals surface area contributed by atoms with Crippen LogP contribution in [0.5, 0.6) is 0 Å². The van der Waals surface area contributed by atoms with E-state index in [0.29, 0.717) is 9.60 Å². The third-order valence-corrected chi connectivity index (χ3v) is 7.28. The van der Waals surface area contributed by atoms with E-state index in [1.54, 1.807) is 18.2 Å². The predicted octanol–water partition coefficient (Wildman–Crippen LogP) is 3.93. The molecule has 0 atom stereocenters. The zero-order valence-corrected chi connectivity index (χ0v) is 17.7. The Balaban J connectivity index is 1.58. The molecule has 2 N–H and O–H groups in total. The second-order valence-corrected chi connectivity index (χ2v) is 9.42. The number of fused-ring (bicyclic) bond motifs is 1. The number of halogens is 1. The molecule has 1 amide bonds. The van der Waals surface area contributed by atoms with Gasteiger partial charge in [-0.1, -0.05) is 36.5 Å². The minimum Gasteiger partial charge on any atom is -0.302 e. The summed E-state index contributed by atoms with van der Waals surface area (Å²) in [7, 11) is -3.68. The maximum absolute atomic E-state index is 12.3. The number of hydrogen-bond donors (Lipinski definition) is 2. The number of rotatable bonds is 7. The van der Waals surface area contributed by atoms with Crippen molar-refractivity contribution in [2.24, 2.45) is 0 Å². The number of aryl methyl sites for hydroxylation is 1. The molecule has 142 valence electrons. The van der Waals surface area contributed by atoms with Crippen LogP contribution in [0, 0.1) is 0 Å². The van der Waals surface area contributed by atoms with Crippen LogP contribution < -0.4 is 10.0 Å². The van der Waals surface area contributed by atoms with Gasteiger partial charge in [-0.05, 0) is 52.2 Å². The topological polar surface area (TPSA) is 88.2 Å². The molecule has 1 aromatic heterocycles. The molecule has 0 spiro atoms. The smallest absolute Gasteiger partial charge is 0.241 e. The van der Waals surface area contributed by atoms with Crippen molar-refractivity contribution in [2.75, 3.05) is 11.9 Å². The van der Waals surface area contributed by atoms with Crippen LogP contribution in [0.15, 0.2) is 51.8 Å². The Morgan fingerprint density at radius 3 is 2.74 bits per heavy atom. The molecule has 27 heavy (non-hydrogen) atoms. The van der Waals surface area contributed by atoms with Crippen molar-refractivity contribution >= 4 is 58.5 Å². The average molecular weight is 468 g/mol. The summed E-state index contributed by atoms with van der Waals surface area (Å²) in [6.07, 6.45) is 0.951. The number of benzene rings is 2. The predicted molar refractivity (Wildman–Crippen MR) is 112 cm³/mol. The molecule has 6 nitrogen and oxygen atoms in total. The minimum atomic E-state index is -3.68. The van der Waals surface area contributed by atoms with Gasteiger partial charge in [0.1, 0.15) is 0 Å². The van der Waals surface area contributed by atoms with Gasteiger partial charge in [-0.2, -0.15) is 0 Å². The number of anilines is 1. The first-order chi connectivity index (χ1) is 12.9. The molecule has 0 aliphatic carbocycles. The average Bonchev–Trinajstić information content (AvgIpc) is 3.02. The van der Waals surface area contributed by atoms with Crippen LogP contribution in [0.1, 0.15) is 18.9 Å². The quantitative estimate of drug-likeness (QED) is 0.550. The fourth-order valence-electron chi connectivity index (χ4n) is 2.46. The highest BCUT2D eigenvalue weighted by atomic mass is 79.9. The highest BCUT2D eigenvalue weighted by Gasteiger charge is 2.17. The van der Waals surface area contributed by atoms with Crippen molar-refractivity contribution in [3.63, 3.8) is 0 Å². The lowest BCUT2D eigenvalue weighted by Crippen LogP contribution is -2.28. The molecule has 3 aromatic rings. The van der Waals surface area contributed by atoms with Crippen molar-refractivity contribution in [3.05, 3.63) is 52.5 Å². The van der Waals surface area contributed by atoms with Crippen LogP contribution in [0.4, 0.5) is 5.13 Å². The molecule has 9 heteroatoms. The third kappa shape index (κ3) is 4.92. The van der Waals surface area contributed by atoms with Gasteiger partial charge in [0.25, 0.3) is 0 Å². The number of amides is 1. The lowest BCUT2D eigenvalue weighted by molar-refractivity contribution is -0.116. The molecule has 0 radical (unpaired) electrons. The van der Waals surface area contributed by atoms with Crippen LogP contribution in [0.3, 0.4) is 0 Å². The highest BCUT2D eigenvalue weighted by Crippen LogP contribution is 2.27. The van der Waals surface area contributed by atoms with Crippen LogP contribution in [0.2, 0.25) is 0 Å². The first-order valence-corrected chi connectivity index (χ1v) is 11.4. The Kier molecular flexibility index (Phi) is 6.25. The summed E-state index contributed by atoms with van der Waals surface area (Å²) in [5, 5.41) is 3.24. The van der Waals surface area contributed by atoms with E-state index in [4.69, 9.17) is 0 Å².